The summed E-state index contributed by atoms with van der Waals surface area (Å²) in [4.78, 5) is 2.56. The molecule has 0 aromatic heterocycles. The maximum absolute atomic E-state index is 8.43. The highest BCUT2D eigenvalue weighted by molar-refractivity contribution is 4.88. The summed E-state index contributed by atoms with van der Waals surface area (Å²) >= 11 is 0. The van der Waals surface area contributed by atoms with Gasteiger partial charge in [-0.1, -0.05) is 6.42 Å². The van der Waals surface area contributed by atoms with Gasteiger partial charge in [0.2, 0.25) is 0 Å². The van der Waals surface area contributed by atoms with Gasteiger partial charge in [-0.05, 0) is 37.6 Å². The standard InChI is InChI=1S/C11H18N2/c12-6-1-2-7-13-8-10-4-3-5-11(10)9-13/h10-11H,1-5,7-9H2. The topological polar surface area (TPSA) is 27.0 Å². The third kappa shape index (κ3) is 2.03. The highest BCUT2D eigenvalue weighted by Crippen LogP contribution is 2.37. The molecule has 0 N–H and O–H groups in total. The van der Waals surface area contributed by atoms with E-state index in [0.29, 0.717) is 0 Å². The van der Waals surface area contributed by atoms with Gasteiger partial charge in [0.1, 0.15) is 0 Å². The number of fused-ring (bicyclic) bond motifs is 1. The largest absolute Gasteiger partial charge is 0.303 e. The van der Waals surface area contributed by atoms with Gasteiger partial charge in [0.05, 0.1) is 6.07 Å². The van der Waals surface area contributed by atoms with Crippen LogP contribution in [0.2, 0.25) is 0 Å². The average molecular weight is 178 g/mol. The van der Waals surface area contributed by atoms with Crippen molar-refractivity contribution in [2.75, 3.05) is 19.6 Å². The third-order valence-corrected chi connectivity index (χ3v) is 3.56. The predicted octanol–water partition coefficient (Wildman–Crippen LogP) is 2.02. The smallest absolute Gasteiger partial charge is 0.0622 e. The van der Waals surface area contributed by atoms with Crippen LogP contribution in [0.3, 0.4) is 0 Å². The van der Waals surface area contributed by atoms with Crippen molar-refractivity contribution >= 4 is 0 Å². The summed E-state index contributed by atoms with van der Waals surface area (Å²) in [5, 5.41) is 8.43. The number of rotatable bonds is 3. The Hall–Kier alpha value is -0.550. The first-order valence-corrected chi connectivity index (χ1v) is 5.49. The molecule has 0 amide bonds. The summed E-state index contributed by atoms with van der Waals surface area (Å²) in [6.07, 6.45) is 6.17. The van der Waals surface area contributed by atoms with Crippen molar-refractivity contribution in [3.8, 4) is 6.07 Å². The fraction of sp³-hybridized carbons (Fsp3) is 0.909. The molecule has 2 unspecified atom stereocenters. The van der Waals surface area contributed by atoms with Crippen molar-refractivity contribution in [1.29, 1.82) is 5.26 Å². The Labute approximate surface area is 80.5 Å². The SMILES string of the molecule is N#CCCCN1CC2CCCC2C1. The van der Waals surface area contributed by atoms with Gasteiger partial charge in [-0.2, -0.15) is 5.26 Å². The monoisotopic (exact) mass is 178 g/mol. The minimum absolute atomic E-state index is 0.728. The Morgan fingerprint density at radius 1 is 1.23 bits per heavy atom. The second-order valence-corrected chi connectivity index (χ2v) is 4.47. The predicted molar refractivity (Wildman–Crippen MR) is 52.1 cm³/mol. The average Bonchev–Trinajstić information content (AvgIpc) is 2.64. The lowest BCUT2D eigenvalue weighted by Gasteiger charge is -2.15. The van der Waals surface area contributed by atoms with E-state index in [9.17, 15) is 0 Å². The molecule has 1 heterocycles. The van der Waals surface area contributed by atoms with E-state index in [-0.39, 0.29) is 0 Å². The van der Waals surface area contributed by atoms with Crippen LogP contribution in [0.25, 0.3) is 0 Å². The van der Waals surface area contributed by atoms with Crippen molar-refractivity contribution in [3.63, 3.8) is 0 Å². The Bertz CT molecular complexity index is 195. The number of unbranched alkanes of at least 4 members (excludes halogenated alkanes) is 1. The molecule has 1 saturated heterocycles. The van der Waals surface area contributed by atoms with E-state index in [1.54, 1.807) is 0 Å². The molecule has 72 valence electrons. The lowest BCUT2D eigenvalue weighted by molar-refractivity contribution is 0.308. The molecule has 0 radical (unpaired) electrons. The van der Waals surface area contributed by atoms with Crippen molar-refractivity contribution in [2.45, 2.75) is 32.1 Å². The lowest BCUT2D eigenvalue weighted by Crippen LogP contribution is -2.22. The molecule has 0 aromatic rings. The van der Waals surface area contributed by atoms with Crippen LogP contribution in [0, 0.1) is 23.2 Å². The third-order valence-electron chi connectivity index (χ3n) is 3.56. The summed E-state index contributed by atoms with van der Waals surface area (Å²) < 4.78 is 0. The molecule has 13 heavy (non-hydrogen) atoms. The molecule has 2 aliphatic rings. The first-order chi connectivity index (χ1) is 6.40. The zero-order valence-corrected chi connectivity index (χ0v) is 8.21. The molecule has 2 rings (SSSR count). The molecule has 2 atom stereocenters. The molecular weight excluding hydrogens is 160 g/mol. The van der Waals surface area contributed by atoms with Gasteiger partial charge in [0.25, 0.3) is 0 Å². The van der Waals surface area contributed by atoms with Crippen LogP contribution in [0.5, 0.6) is 0 Å². The molecular formula is C11H18N2. The molecule has 1 saturated carbocycles. The van der Waals surface area contributed by atoms with E-state index in [1.165, 1.54) is 32.4 Å². The lowest BCUT2D eigenvalue weighted by atomic mass is 10.0. The zero-order valence-electron chi connectivity index (χ0n) is 8.21. The van der Waals surface area contributed by atoms with E-state index in [4.69, 9.17) is 5.26 Å². The molecule has 1 aliphatic heterocycles. The van der Waals surface area contributed by atoms with Gasteiger partial charge >= 0.3 is 0 Å². The highest BCUT2D eigenvalue weighted by atomic mass is 15.2. The number of nitrogens with zero attached hydrogens (tertiary/aromatic N) is 2. The quantitative estimate of drug-likeness (QED) is 0.618. The normalized spacial score (nSPS) is 33.2. The molecule has 2 fully saturated rings. The van der Waals surface area contributed by atoms with Gasteiger partial charge < -0.3 is 4.90 Å². The maximum atomic E-state index is 8.43. The fourth-order valence-corrected chi connectivity index (χ4v) is 2.90. The van der Waals surface area contributed by atoms with Crippen LogP contribution >= 0.6 is 0 Å². The molecule has 0 bridgehead atoms. The zero-order chi connectivity index (χ0) is 9.10. The Kier molecular flexibility index (Phi) is 2.85. The van der Waals surface area contributed by atoms with E-state index in [1.807, 2.05) is 0 Å². The van der Waals surface area contributed by atoms with E-state index < -0.39 is 0 Å². The highest BCUT2D eigenvalue weighted by Gasteiger charge is 2.35. The number of likely N-dealkylation sites (tertiary alicyclic amines) is 1. The number of hydrogen-bond acceptors (Lipinski definition) is 2. The van der Waals surface area contributed by atoms with Crippen molar-refractivity contribution < 1.29 is 0 Å². The minimum Gasteiger partial charge on any atom is -0.303 e. The Morgan fingerprint density at radius 2 is 1.92 bits per heavy atom. The van der Waals surface area contributed by atoms with Crippen LogP contribution < -0.4 is 0 Å². The Balaban J connectivity index is 1.70. The first-order valence-electron chi connectivity index (χ1n) is 5.49. The van der Waals surface area contributed by atoms with E-state index in [2.05, 4.69) is 11.0 Å². The summed E-state index contributed by atoms with van der Waals surface area (Å²) in [5.41, 5.74) is 0. The Morgan fingerprint density at radius 3 is 2.54 bits per heavy atom. The van der Waals surface area contributed by atoms with E-state index in [0.717, 1.165) is 31.2 Å². The summed E-state index contributed by atoms with van der Waals surface area (Å²) in [6.45, 7) is 3.78. The first kappa shape index (κ1) is 9.02. The number of nitriles is 1. The molecule has 0 aromatic carbocycles. The molecule has 2 heteroatoms. The van der Waals surface area contributed by atoms with Crippen molar-refractivity contribution in [3.05, 3.63) is 0 Å². The van der Waals surface area contributed by atoms with Crippen LogP contribution in [0.4, 0.5) is 0 Å². The van der Waals surface area contributed by atoms with Gasteiger partial charge in [-0.15, -0.1) is 0 Å². The second-order valence-electron chi connectivity index (χ2n) is 4.47. The van der Waals surface area contributed by atoms with Gasteiger partial charge in [-0.25, -0.2) is 0 Å². The second kappa shape index (κ2) is 4.11. The van der Waals surface area contributed by atoms with Crippen LogP contribution in [-0.4, -0.2) is 24.5 Å². The molecule has 2 nitrogen and oxygen atoms in total. The minimum atomic E-state index is 0.728. The fourth-order valence-electron chi connectivity index (χ4n) is 2.90. The maximum Gasteiger partial charge on any atom is 0.0622 e. The van der Waals surface area contributed by atoms with Crippen LogP contribution in [-0.2, 0) is 0 Å². The summed E-state index contributed by atoms with van der Waals surface area (Å²) in [5.74, 6) is 2.00. The number of hydrogen-bond donors (Lipinski definition) is 0. The van der Waals surface area contributed by atoms with E-state index >= 15 is 0 Å². The van der Waals surface area contributed by atoms with Crippen LogP contribution in [0.1, 0.15) is 32.1 Å². The van der Waals surface area contributed by atoms with Crippen molar-refractivity contribution in [2.24, 2.45) is 11.8 Å². The molecule has 0 spiro atoms. The molecule has 1 aliphatic carbocycles. The summed E-state index contributed by atoms with van der Waals surface area (Å²) in [7, 11) is 0. The van der Waals surface area contributed by atoms with Crippen molar-refractivity contribution in [1.82, 2.24) is 4.90 Å². The van der Waals surface area contributed by atoms with Crippen LogP contribution in [0.15, 0.2) is 0 Å². The van der Waals surface area contributed by atoms with Gasteiger partial charge in [0, 0.05) is 19.5 Å². The van der Waals surface area contributed by atoms with Gasteiger partial charge in [-0.3, -0.25) is 0 Å². The summed E-state index contributed by atoms with van der Waals surface area (Å²) in [6, 6.07) is 2.22. The van der Waals surface area contributed by atoms with Gasteiger partial charge in [0.15, 0.2) is 0 Å².